The number of hydrogen-bond acceptors (Lipinski definition) is 5. The van der Waals surface area contributed by atoms with Crippen molar-refractivity contribution in [3.63, 3.8) is 0 Å². The molecule has 1 unspecified atom stereocenters. The number of hydrogen-bond donors (Lipinski definition) is 1. The number of Topliss-reactive ketones (excluding diaryl/α,β-unsaturated/α-hetero) is 1. The maximum Gasteiger partial charge on any atom is 0.249 e. The molecule has 0 saturated carbocycles. The number of amides is 2. The van der Waals surface area contributed by atoms with E-state index >= 15 is 0 Å². The van der Waals surface area contributed by atoms with E-state index in [0.29, 0.717) is 62.6 Å². The highest BCUT2D eigenvalue weighted by atomic mass is 16.6. The summed E-state index contributed by atoms with van der Waals surface area (Å²) in [5, 5.41) is 2.93. The van der Waals surface area contributed by atoms with Crippen molar-refractivity contribution >= 4 is 17.6 Å². The van der Waals surface area contributed by atoms with Crippen LogP contribution in [0.25, 0.3) is 0 Å². The van der Waals surface area contributed by atoms with Crippen LogP contribution in [0, 0.1) is 11.8 Å². The van der Waals surface area contributed by atoms with Crippen molar-refractivity contribution in [2.45, 2.75) is 39.2 Å². The number of carbonyl (C=O) groups excluding carboxylic acids is 3. The average molecular weight is 465 g/mol. The molecule has 2 heterocycles. The van der Waals surface area contributed by atoms with E-state index in [1.807, 2.05) is 44.2 Å². The highest BCUT2D eigenvalue weighted by Gasteiger charge is 2.33. The summed E-state index contributed by atoms with van der Waals surface area (Å²) in [5.74, 6) is 1.11. The smallest absolute Gasteiger partial charge is 0.249 e. The summed E-state index contributed by atoms with van der Waals surface area (Å²) >= 11 is 0. The van der Waals surface area contributed by atoms with Gasteiger partial charge >= 0.3 is 0 Å². The molecular weight excluding hydrogens is 432 g/mol. The summed E-state index contributed by atoms with van der Waals surface area (Å²) in [4.78, 5) is 40.8. The Labute approximate surface area is 200 Å². The van der Waals surface area contributed by atoms with Crippen molar-refractivity contribution in [3.05, 3.63) is 59.7 Å². The van der Waals surface area contributed by atoms with E-state index in [0.717, 1.165) is 5.56 Å². The van der Waals surface area contributed by atoms with Gasteiger partial charge in [-0.05, 0) is 42.5 Å². The number of piperidine rings is 1. The Morgan fingerprint density at radius 1 is 0.971 bits per heavy atom. The molecule has 180 valence electrons. The van der Waals surface area contributed by atoms with E-state index in [4.69, 9.17) is 9.47 Å². The second kappa shape index (κ2) is 10.7. The van der Waals surface area contributed by atoms with Gasteiger partial charge in [-0.2, -0.15) is 0 Å². The lowest BCUT2D eigenvalue weighted by molar-refractivity contribution is -0.137. The number of rotatable bonds is 7. The second-order valence-electron chi connectivity index (χ2n) is 9.33. The normalized spacial score (nSPS) is 16.7. The van der Waals surface area contributed by atoms with Gasteiger partial charge in [-0.3, -0.25) is 14.4 Å². The van der Waals surface area contributed by atoms with Gasteiger partial charge in [0.1, 0.15) is 19.3 Å². The van der Waals surface area contributed by atoms with Crippen molar-refractivity contribution < 1.29 is 23.9 Å². The Morgan fingerprint density at radius 3 is 2.32 bits per heavy atom. The van der Waals surface area contributed by atoms with Crippen molar-refractivity contribution in [1.82, 2.24) is 10.2 Å². The first-order valence-corrected chi connectivity index (χ1v) is 12.0. The van der Waals surface area contributed by atoms with E-state index in [2.05, 4.69) is 5.32 Å². The van der Waals surface area contributed by atoms with Gasteiger partial charge in [0.15, 0.2) is 17.3 Å². The first-order valence-electron chi connectivity index (χ1n) is 12.0. The molecular formula is C27H32N2O5. The van der Waals surface area contributed by atoms with Crippen molar-refractivity contribution in [2.75, 3.05) is 26.3 Å². The van der Waals surface area contributed by atoms with Crippen LogP contribution >= 0.6 is 0 Å². The number of likely N-dealkylation sites (tertiary alicyclic amines) is 1. The quantitative estimate of drug-likeness (QED) is 0.631. The molecule has 1 saturated heterocycles. The fourth-order valence-corrected chi connectivity index (χ4v) is 4.50. The third kappa shape index (κ3) is 5.58. The molecule has 0 spiro atoms. The topological polar surface area (TPSA) is 84.9 Å². The molecule has 0 bridgehead atoms. The number of ketones is 1. The molecule has 0 aliphatic carbocycles. The van der Waals surface area contributed by atoms with Gasteiger partial charge in [0.05, 0.1) is 0 Å². The second-order valence-corrected chi connectivity index (χ2v) is 9.33. The van der Waals surface area contributed by atoms with Crippen LogP contribution in [-0.4, -0.2) is 48.8 Å². The molecule has 0 aromatic heterocycles. The summed E-state index contributed by atoms with van der Waals surface area (Å²) in [6.07, 6.45) is 1.53. The predicted octanol–water partition coefficient (Wildman–Crippen LogP) is 3.78. The molecule has 1 fully saturated rings. The van der Waals surface area contributed by atoms with Crippen LogP contribution in [0.15, 0.2) is 48.5 Å². The van der Waals surface area contributed by atoms with Crippen LogP contribution in [0.2, 0.25) is 0 Å². The Hall–Kier alpha value is -3.35. The molecule has 4 rings (SSSR count). The van der Waals surface area contributed by atoms with Crippen LogP contribution in [0.4, 0.5) is 0 Å². The maximum absolute atomic E-state index is 13.4. The molecule has 7 nitrogen and oxygen atoms in total. The van der Waals surface area contributed by atoms with E-state index in [1.54, 1.807) is 23.1 Å². The monoisotopic (exact) mass is 464 g/mol. The van der Waals surface area contributed by atoms with Crippen LogP contribution in [0.5, 0.6) is 11.5 Å². The molecule has 1 N–H and O–H groups in total. The zero-order valence-corrected chi connectivity index (χ0v) is 19.8. The van der Waals surface area contributed by atoms with Gasteiger partial charge in [0, 0.05) is 31.0 Å². The Bertz CT molecular complexity index is 1030. The molecule has 1 atom stereocenters. The van der Waals surface area contributed by atoms with E-state index < -0.39 is 6.04 Å². The number of ether oxygens (including phenoxy) is 2. The molecule has 2 aliphatic heterocycles. The Balaban J connectivity index is 1.41. The molecule has 7 heteroatoms. The number of nitrogens with one attached hydrogen (secondary N) is 1. The van der Waals surface area contributed by atoms with Crippen LogP contribution in [0.3, 0.4) is 0 Å². The summed E-state index contributed by atoms with van der Waals surface area (Å²) in [6.45, 7) is 5.88. The minimum Gasteiger partial charge on any atom is -0.486 e. The SMILES string of the molecule is CC(C)CC(=O)NC(C(=O)N1CCC(C(=O)c2ccc3c(c2)OCCO3)CC1)c1ccccc1. The summed E-state index contributed by atoms with van der Waals surface area (Å²) in [7, 11) is 0. The van der Waals surface area contributed by atoms with Gasteiger partial charge in [0.2, 0.25) is 11.8 Å². The van der Waals surface area contributed by atoms with Gasteiger partial charge in [-0.25, -0.2) is 0 Å². The standard InChI is InChI=1S/C27H32N2O5/c1-18(2)16-24(30)28-25(19-6-4-3-5-7-19)27(32)29-12-10-20(11-13-29)26(31)21-8-9-22-23(17-21)34-15-14-33-22/h3-9,17-18,20,25H,10-16H2,1-2H3,(H,28,30). The number of nitrogens with zero attached hydrogens (tertiary/aromatic N) is 1. The van der Waals surface area contributed by atoms with E-state index in [9.17, 15) is 14.4 Å². The van der Waals surface area contributed by atoms with Crippen molar-refractivity contribution in [1.29, 1.82) is 0 Å². The van der Waals surface area contributed by atoms with Crippen molar-refractivity contribution in [2.24, 2.45) is 11.8 Å². The van der Waals surface area contributed by atoms with Gasteiger partial charge in [-0.1, -0.05) is 44.2 Å². The Kier molecular flexibility index (Phi) is 7.50. The largest absolute Gasteiger partial charge is 0.486 e. The lowest BCUT2D eigenvalue weighted by Crippen LogP contribution is -2.47. The van der Waals surface area contributed by atoms with E-state index in [1.165, 1.54) is 0 Å². The zero-order valence-electron chi connectivity index (χ0n) is 19.8. The highest BCUT2D eigenvalue weighted by Crippen LogP contribution is 2.33. The summed E-state index contributed by atoms with van der Waals surface area (Å²) in [6, 6.07) is 13.9. The highest BCUT2D eigenvalue weighted by molar-refractivity contribution is 5.98. The molecule has 2 aliphatic rings. The molecule has 0 radical (unpaired) electrons. The van der Waals surface area contributed by atoms with Gasteiger partial charge < -0.3 is 19.7 Å². The van der Waals surface area contributed by atoms with Crippen LogP contribution in [-0.2, 0) is 9.59 Å². The average Bonchev–Trinajstić information content (AvgIpc) is 2.86. The van der Waals surface area contributed by atoms with E-state index in [-0.39, 0.29) is 29.4 Å². The fraction of sp³-hybridized carbons (Fsp3) is 0.444. The number of carbonyl (C=O) groups is 3. The minimum atomic E-state index is -0.725. The van der Waals surface area contributed by atoms with Gasteiger partial charge in [-0.15, -0.1) is 0 Å². The lowest BCUT2D eigenvalue weighted by atomic mass is 9.88. The van der Waals surface area contributed by atoms with Crippen LogP contribution in [0.1, 0.15) is 55.1 Å². The zero-order chi connectivity index (χ0) is 24.1. The first kappa shape index (κ1) is 23.8. The first-order chi connectivity index (χ1) is 16.4. The van der Waals surface area contributed by atoms with Gasteiger partial charge in [0.25, 0.3) is 0 Å². The molecule has 2 aromatic carbocycles. The minimum absolute atomic E-state index is 0.0638. The Morgan fingerprint density at radius 2 is 1.65 bits per heavy atom. The van der Waals surface area contributed by atoms with Crippen LogP contribution < -0.4 is 14.8 Å². The summed E-state index contributed by atoms with van der Waals surface area (Å²) < 4.78 is 11.2. The maximum atomic E-state index is 13.4. The summed E-state index contributed by atoms with van der Waals surface area (Å²) in [5.41, 5.74) is 1.37. The molecule has 34 heavy (non-hydrogen) atoms. The number of fused-ring (bicyclic) bond motifs is 1. The third-order valence-corrected chi connectivity index (χ3v) is 6.28. The molecule has 2 amide bonds. The predicted molar refractivity (Wildman–Crippen MR) is 128 cm³/mol. The third-order valence-electron chi connectivity index (χ3n) is 6.28. The fourth-order valence-electron chi connectivity index (χ4n) is 4.50. The molecule has 2 aromatic rings. The van der Waals surface area contributed by atoms with Crippen molar-refractivity contribution in [3.8, 4) is 11.5 Å². The lowest BCUT2D eigenvalue weighted by Gasteiger charge is -2.34. The number of benzene rings is 2.